The number of hydrogen-bond acceptors (Lipinski definition) is 4. The molecule has 0 heterocycles. The van der Waals surface area contributed by atoms with Crippen LogP contribution in [0.4, 0.5) is 0 Å². The molecule has 0 fully saturated rings. The average Bonchev–Trinajstić information content (AvgIpc) is 2.36. The van der Waals surface area contributed by atoms with Gasteiger partial charge in [0.15, 0.2) is 0 Å². The van der Waals surface area contributed by atoms with Crippen LogP contribution in [-0.4, -0.2) is 26.7 Å². The van der Waals surface area contributed by atoms with Gasteiger partial charge >= 0.3 is 5.97 Å². The summed E-state index contributed by atoms with van der Waals surface area (Å²) in [7, 11) is 3.30. The van der Waals surface area contributed by atoms with Gasteiger partial charge in [-0.25, -0.2) is 0 Å². The topological polar surface area (TPSA) is 47.6 Å². The first-order valence-corrected chi connectivity index (χ1v) is 6.11. The molecule has 4 heteroatoms. The van der Waals surface area contributed by atoms with Crippen LogP contribution in [0.25, 0.3) is 0 Å². The Kier molecular flexibility index (Phi) is 6.22. The van der Waals surface area contributed by atoms with E-state index in [-0.39, 0.29) is 5.97 Å². The summed E-state index contributed by atoms with van der Waals surface area (Å²) >= 11 is 0. The van der Waals surface area contributed by atoms with E-state index in [1.54, 1.807) is 0 Å². The van der Waals surface area contributed by atoms with Crippen molar-refractivity contribution in [2.75, 3.05) is 20.8 Å². The average molecular weight is 251 g/mol. The third kappa shape index (κ3) is 4.75. The van der Waals surface area contributed by atoms with Crippen molar-refractivity contribution < 1.29 is 14.3 Å². The van der Waals surface area contributed by atoms with Crippen LogP contribution in [0.1, 0.15) is 24.0 Å². The lowest BCUT2D eigenvalue weighted by atomic mass is 10.1. The fourth-order valence-corrected chi connectivity index (χ4v) is 1.68. The number of carbonyl (C=O) groups is 1. The van der Waals surface area contributed by atoms with Crippen LogP contribution in [0, 0.1) is 6.92 Å². The monoisotopic (exact) mass is 251 g/mol. The molecule has 0 aliphatic carbocycles. The van der Waals surface area contributed by atoms with Gasteiger partial charge in [-0.2, -0.15) is 0 Å². The second-order valence-corrected chi connectivity index (χ2v) is 4.17. The van der Waals surface area contributed by atoms with E-state index < -0.39 is 0 Å². The maximum atomic E-state index is 10.9. The Hall–Kier alpha value is -1.55. The second kappa shape index (κ2) is 7.71. The molecule has 0 aliphatic rings. The molecule has 0 bridgehead atoms. The van der Waals surface area contributed by atoms with E-state index in [2.05, 4.69) is 23.0 Å². The predicted molar refractivity (Wildman–Crippen MR) is 70.7 cm³/mol. The van der Waals surface area contributed by atoms with Crippen molar-refractivity contribution >= 4 is 5.97 Å². The number of carbonyl (C=O) groups excluding carboxylic acids is 1. The summed E-state index contributed by atoms with van der Waals surface area (Å²) in [6.07, 6.45) is 1.06. The summed E-state index contributed by atoms with van der Waals surface area (Å²) in [6.45, 7) is 3.35. The van der Waals surface area contributed by atoms with Crippen molar-refractivity contribution in [3.63, 3.8) is 0 Å². The van der Waals surface area contributed by atoms with Gasteiger partial charge < -0.3 is 14.8 Å². The van der Waals surface area contributed by atoms with Gasteiger partial charge in [-0.15, -0.1) is 0 Å². The van der Waals surface area contributed by atoms with Crippen molar-refractivity contribution in [2.45, 2.75) is 26.3 Å². The Bertz CT molecular complexity index is 391. The Balaban J connectivity index is 2.48. The first-order valence-electron chi connectivity index (χ1n) is 6.11. The van der Waals surface area contributed by atoms with Gasteiger partial charge in [0.25, 0.3) is 0 Å². The number of benzene rings is 1. The molecule has 1 aromatic carbocycles. The zero-order valence-electron chi connectivity index (χ0n) is 11.3. The van der Waals surface area contributed by atoms with Crippen LogP contribution in [-0.2, 0) is 16.1 Å². The highest BCUT2D eigenvalue weighted by molar-refractivity contribution is 5.69. The van der Waals surface area contributed by atoms with E-state index in [4.69, 9.17) is 4.74 Å². The van der Waals surface area contributed by atoms with Crippen LogP contribution in [0.5, 0.6) is 5.75 Å². The van der Waals surface area contributed by atoms with Crippen LogP contribution >= 0.6 is 0 Å². The van der Waals surface area contributed by atoms with Crippen molar-refractivity contribution in [3.05, 3.63) is 29.3 Å². The third-order valence-electron chi connectivity index (χ3n) is 2.59. The minimum Gasteiger partial charge on any atom is -0.493 e. The Labute approximate surface area is 108 Å². The molecule has 0 radical (unpaired) electrons. The van der Waals surface area contributed by atoms with Crippen molar-refractivity contribution in [3.8, 4) is 5.75 Å². The molecule has 0 spiro atoms. The van der Waals surface area contributed by atoms with Crippen molar-refractivity contribution in [1.29, 1.82) is 0 Å². The zero-order valence-corrected chi connectivity index (χ0v) is 11.3. The summed E-state index contributed by atoms with van der Waals surface area (Å²) in [5, 5.41) is 3.12. The normalized spacial score (nSPS) is 10.2. The van der Waals surface area contributed by atoms with E-state index in [1.165, 1.54) is 12.7 Å². The number of methoxy groups -OCH3 is 1. The smallest absolute Gasteiger partial charge is 0.305 e. The summed E-state index contributed by atoms with van der Waals surface area (Å²) in [4.78, 5) is 10.9. The molecule has 100 valence electrons. The molecule has 4 nitrogen and oxygen atoms in total. The van der Waals surface area contributed by atoms with E-state index in [0.717, 1.165) is 17.9 Å². The quantitative estimate of drug-likeness (QED) is 0.595. The summed E-state index contributed by atoms with van der Waals surface area (Å²) < 4.78 is 10.3. The summed E-state index contributed by atoms with van der Waals surface area (Å²) in [5.41, 5.74) is 2.35. The molecule has 1 aromatic rings. The summed E-state index contributed by atoms with van der Waals surface area (Å²) in [6, 6.07) is 6.10. The van der Waals surface area contributed by atoms with Crippen LogP contribution in [0.15, 0.2) is 18.2 Å². The maximum absolute atomic E-state index is 10.9. The molecule has 1 rings (SSSR count). The first-order chi connectivity index (χ1) is 8.67. The number of rotatable bonds is 7. The van der Waals surface area contributed by atoms with E-state index in [9.17, 15) is 4.79 Å². The largest absolute Gasteiger partial charge is 0.493 e. The molecule has 0 unspecified atom stereocenters. The van der Waals surface area contributed by atoms with Gasteiger partial charge in [0.2, 0.25) is 0 Å². The Morgan fingerprint density at radius 3 is 2.83 bits per heavy atom. The molecule has 0 aromatic heterocycles. The fraction of sp³-hybridized carbons (Fsp3) is 0.500. The van der Waals surface area contributed by atoms with Gasteiger partial charge in [-0.3, -0.25) is 4.79 Å². The van der Waals surface area contributed by atoms with Gasteiger partial charge in [-0.05, 0) is 26.5 Å². The highest BCUT2D eigenvalue weighted by Crippen LogP contribution is 2.20. The van der Waals surface area contributed by atoms with Crippen LogP contribution in [0.3, 0.4) is 0 Å². The zero-order chi connectivity index (χ0) is 13.4. The first kappa shape index (κ1) is 14.5. The van der Waals surface area contributed by atoms with Gasteiger partial charge in [-0.1, -0.05) is 17.7 Å². The SMILES string of the molecule is CNCc1cc(C)ccc1OCCCC(=O)OC. The van der Waals surface area contributed by atoms with Crippen molar-refractivity contribution in [1.82, 2.24) is 5.32 Å². The molecule has 0 amide bonds. The molecule has 0 saturated carbocycles. The third-order valence-corrected chi connectivity index (χ3v) is 2.59. The standard InChI is InChI=1S/C14H21NO3/c1-11-6-7-13(12(9-11)10-15-2)18-8-4-5-14(16)17-3/h6-7,9,15H,4-5,8,10H2,1-3H3. The highest BCUT2D eigenvalue weighted by Gasteiger charge is 2.04. The minimum absolute atomic E-state index is 0.196. The number of esters is 1. The van der Waals surface area contributed by atoms with Crippen LogP contribution < -0.4 is 10.1 Å². The van der Waals surface area contributed by atoms with Crippen molar-refractivity contribution in [2.24, 2.45) is 0 Å². The number of hydrogen-bond donors (Lipinski definition) is 1. The van der Waals surface area contributed by atoms with Crippen LogP contribution in [0.2, 0.25) is 0 Å². The lowest BCUT2D eigenvalue weighted by Gasteiger charge is -2.12. The van der Waals surface area contributed by atoms with Gasteiger partial charge in [0.1, 0.15) is 5.75 Å². The number of ether oxygens (including phenoxy) is 2. The van der Waals surface area contributed by atoms with E-state index in [1.807, 2.05) is 19.2 Å². The second-order valence-electron chi connectivity index (χ2n) is 4.17. The molecule has 18 heavy (non-hydrogen) atoms. The molecule has 0 aliphatic heterocycles. The molecular formula is C14H21NO3. The molecule has 0 saturated heterocycles. The van der Waals surface area contributed by atoms with Gasteiger partial charge in [0, 0.05) is 18.5 Å². The maximum Gasteiger partial charge on any atom is 0.305 e. The van der Waals surface area contributed by atoms with E-state index >= 15 is 0 Å². The lowest BCUT2D eigenvalue weighted by molar-refractivity contribution is -0.140. The predicted octanol–water partition coefficient (Wildman–Crippen LogP) is 2.05. The summed E-state index contributed by atoms with van der Waals surface area (Å²) in [5.74, 6) is 0.678. The van der Waals surface area contributed by atoms with E-state index in [0.29, 0.717) is 19.4 Å². The Morgan fingerprint density at radius 1 is 1.39 bits per heavy atom. The fourth-order valence-electron chi connectivity index (χ4n) is 1.68. The van der Waals surface area contributed by atoms with Gasteiger partial charge in [0.05, 0.1) is 13.7 Å². The lowest BCUT2D eigenvalue weighted by Crippen LogP contribution is -2.09. The molecule has 0 atom stereocenters. The Morgan fingerprint density at radius 2 is 2.17 bits per heavy atom. The minimum atomic E-state index is -0.196. The number of nitrogens with one attached hydrogen (secondary N) is 1. The number of aryl methyl sites for hydroxylation is 1. The highest BCUT2D eigenvalue weighted by atomic mass is 16.5. The molecule has 1 N–H and O–H groups in total. The molecular weight excluding hydrogens is 230 g/mol.